The van der Waals surface area contributed by atoms with Gasteiger partial charge in [-0.1, -0.05) is 27.7 Å². The summed E-state index contributed by atoms with van der Waals surface area (Å²) < 4.78 is 36.3. The van der Waals surface area contributed by atoms with Crippen molar-refractivity contribution in [1.82, 2.24) is 10.6 Å². The quantitative estimate of drug-likeness (QED) is 0.837. The Kier molecular flexibility index (Phi) is 5.35. The zero-order valence-electron chi connectivity index (χ0n) is 13.5. The van der Waals surface area contributed by atoms with E-state index in [1.54, 1.807) is 6.92 Å². The fourth-order valence-corrected chi connectivity index (χ4v) is 3.73. The first-order chi connectivity index (χ1) is 9.30. The van der Waals surface area contributed by atoms with Crippen LogP contribution in [0, 0.1) is 10.8 Å². The van der Waals surface area contributed by atoms with E-state index in [4.69, 9.17) is 0 Å². The van der Waals surface area contributed by atoms with Crippen molar-refractivity contribution < 1.29 is 18.0 Å². The van der Waals surface area contributed by atoms with Crippen molar-refractivity contribution >= 4 is 5.91 Å². The van der Waals surface area contributed by atoms with E-state index < -0.39 is 24.7 Å². The van der Waals surface area contributed by atoms with Crippen LogP contribution in [0.2, 0.25) is 0 Å². The van der Waals surface area contributed by atoms with Crippen LogP contribution in [-0.2, 0) is 4.79 Å². The van der Waals surface area contributed by atoms with Gasteiger partial charge in [-0.25, -0.2) is 0 Å². The molecule has 1 saturated carbocycles. The molecule has 6 heteroatoms. The minimum Gasteiger partial charge on any atom is -0.346 e. The molecular weight excluding hydrogens is 281 g/mol. The van der Waals surface area contributed by atoms with Crippen molar-refractivity contribution in [2.45, 2.75) is 72.1 Å². The Labute approximate surface area is 125 Å². The third kappa shape index (κ3) is 6.68. The summed E-state index contributed by atoms with van der Waals surface area (Å²) in [5.74, 6) is -0.603. The lowest BCUT2D eigenvalue weighted by Crippen LogP contribution is -2.52. The Morgan fingerprint density at radius 3 is 2.10 bits per heavy atom. The topological polar surface area (TPSA) is 41.1 Å². The zero-order valence-corrected chi connectivity index (χ0v) is 13.5. The molecule has 21 heavy (non-hydrogen) atoms. The van der Waals surface area contributed by atoms with Gasteiger partial charge in [0.15, 0.2) is 0 Å². The number of nitrogens with one attached hydrogen (secondary N) is 2. The molecule has 1 unspecified atom stereocenters. The molecule has 1 fully saturated rings. The summed E-state index contributed by atoms with van der Waals surface area (Å²) in [7, 11) is 0. The van der Waals surface area contributed by atoms with Gasteiger partial charge in [-0.15, -0.1) is 0 Å². The maximum absolute atomic E-state index is 12.1. The summed E-state index contributed by atoms with van der Waals surface area (Å²) in [6.45, 7) is 9.10. The molecule has 0 heterocycles. The molecule has 1 aliphatic rings. The van der Waals surface area contributed by atoms with E-state index in [0.29, 0.717) is 0 Å². The molecule has 0 aromatic carbocycles. The Hall–Kier alpha value is -0.780. The predicted molar refractivity (Wildman–Crippen MR) is 76.9 cm³/mol. The molecule has 0 saturated heterocycles. The Balaban J connectivity index is 2.53. The van der Waals surface area contributed by atoms with Crippen LogP contribution < -0.4 is 10.6 Å². The van der Waals surface area contributed by atoms with Gasteiger partial charge in [-0.2, -0.15) is 13.2 Å². The third-order valence-electron chi connectivity index (χ3n) is 3.90. The second-order valence-corrected chi connectivity index (χ2v) is 7.83. The molecule has 1 atom stereocenters. The number of hydrogen-bond acceptors (Lipinski definition) is 2. The first kappa shape index (κ1) is 18.3. The van der Waals surface area contributed by atoms with Gasteiger partial charge in [0.2, 0.25) is 5.91 Å². The van der Waals surface area contributed by atoms with Crippen molar-refractivity contribution in [2.24, 2.45) is 10.8 Å². The summed E-state index contributed by atoms with van der Waals surface area (Å²) in [4.78, 5) is 11.7. The van der Waals surface area contributed by atoms with Crippen LogP contribution in [0.5, 0.6) is 0 Å². The van der Waals surface area contributed by atoms with Gasteiger partial charge in [-0.05, 0) is 37.0 Å². The number of halogens is 3. The summed E-state index contributed by atoms with van der Waals surface area (Å²) >= 11 is 0. The number of amides is 1. The normalized spacial score (nSPS) is 23.6. The molecule has 0 aliphatic heterocycles. The molecule has 0 aromatic heterocycles. The molecule has 0 bridgehead atoms. The van der Waals surface area contributed by atoms with Crippen LogP contribution in [-0.4, -0.2) is 30.7 Å². The van der Waals surface area contributed by atoms with Crippen LogP contribution in [0.15, 0.2) is 0 Å². The van der Waals surface area contributed by atoms with Gasteiger partial charge in [0, 0.05) is 6.04 Å². The molecule has 2 N–H and O–H groups in total. The highest BCUT2D eigenvalue weighted by Gasteiger charge is 2.39. The smallest absolute Gasteiger partial charge is 0.346 e. The lowest BCUT2D eigenvalue weighted by atomic mass is 9.63. The molecular formula is C15H27F3N2O. The number of carbonyl (C=O) groups is 1. The van der Waals surface area contributed by atoms with Crippen molar-refractivity contribution in [3.8, 4) is 0 Å². The van der Waals surface area contributed by atoms with Crippen LogP contribution in [0.1, 0.15) is 53.9 Å². The lowest BCUT2D eigenvalue weighted by Gasteiger charge is -2.45. The maximum atomic E-state index is 12.1. The van der Waals surface area contributed by atoms with E-state index >= 15 is 0 Å². The minimum absolute atomic E-state index is 0.149. The van der Waals surface area contributed by atoms with Crippen LogP contribution in [0.3, 0.4) is 0 Å². The number of carbonyl (C=O) groups excluding carboxylic acids is 1. The van der Waals surface area contributed by atoms with Crippen molar-refractivity contribution in [3.05, 3.63) is 0 Å². The van der Waals surface area contributed by atoms with Gasteiger partial charge < -0.3 is 10.6 Å². The monoisotopic (exact) mass is 308 g/mol. The number of alkyl halides is 3. The van der Waals surface area contributed by atoms with Gasteiger partial charge >= 0.3 is 6.18 Å². The third-order valence-corrected chi connectivity index (χ3v) is 3.90. The molecule has 1 amide bonds. The first-order valence-corrected chi connectivity index (χ1v) is 7.40. The number of rotatable bonds is 4. The lowest BCUT2D eigenvalue weighted by molar-refractivity contribution is -0.139. The zero-order chi connectivity index (χ0) is 16.5. The van der Waals surface area contributed by atoms with Crippen LogP contribution >= 0.6 is 0 Å². The summed E-state index contributed by atoms with van der Waals surface area (Å²) in [5.41, 5.74) is 0.336. The van der Waals surface area contributed by atoms with Crippen molar-refractivity contribution in [1.29, 1.82) is 0 Å². The Morgan fingerprint density at radius 1 is 1.19 bits per heavy atom. The fraction of sp³-hybridized carbons (Fsp3) is 0.933. The van der Waals surface area contributed by atoms with E-state index in [2.05, 4.69) is 33.0 Å². The molecule has 1 rings (SSSR count). The van der Waals surface area contributed by atoms with Gasteiger partial charge in [0.05, 0.1) is 6.04 Å². The first-order valence-electron chi connectivity index (χ1n) is 7.40. The Bertz CT molecular complexity index is 362. The Morgan fingerprint density at radius 2 is 1.67 bits per heavy atom. The summed E-state index contributed by atoms with van der Waals surface area (Å²) in [6.07, 6.45) is -1.42. The molecule has 0 aromatic rings. The summed E-state index contributed by atoms with van der Waals surface area (Å²) in [6, 6.07) is -0.475. The van der Waals surface area contributed by atoms with Gasteiger partial charge in [0.1, 0.15) is 6.54 Å². The average Bonchev–Trinajstić information content (AvgIpc) is 2.19. The van der Waals surface area contributed by atoms with Crippen molar-refractivity contribution in [2.75, 3.05) is 6.54 Å². The number of hydrogen-bond donors (Lipinski definition) is 2. The van der Waals surface area contributed by atoms with E-state index in [1.165, 1.54) is 0 Å². The average molecular weight is 308 g/mol. The van der Waals surface area contributed by atoms with Crippen LogP contribution in [0.25, 0.3) is 0 Å². The SMILES string of the molecule is CC(NC1CC(C)(C)CC(C)(C)C1)C(=O)NCC(F)(F)F. The second-order valence-electron chi connectivity index (χ2n) is 7.83. The molecule has 3 nitrogen and oxygen atoms in total. The second kappa shape index (κ2) is 6.15. The summed E-state index contributed by atoms with van der Waals surface area (Å²) in [5, 5.41) is 5.11. The molecule has 0 spiro atoms. The van der Waals surface area contributed by atoms with E-state index in [-0.39, 0.29) is 16.9 Å². The van der Waals surface area contributed by atoms with Crippen molar-refractivity contribution in [3.63, 3.8) is 0 Å². The van der Waals surface area contributed by atoms with Crippen LogP contribution in [0.4, 0.5) is 13.2 Å². The highest BCUT2D eigenvalue weighted by Crippen LogP contribution is 2.45. The van der Waals surface area contributed by atoms with E-state index in [0.717, 1.165) is 19.3 Å². The molecule has 124 valence electrons. The van der Waals surface area contributed by atoms with Gasteiger partial charge in [-0.3, -0.25) is 4.79 Å². The van der Waals surface area contributed by atoms with E-state index in [9.17, 15) is 18.0 Å². The fourth-order valence-electron chi connectivity index (χ4n) is 3.73. The highest BCUT2D eigenvalue weighted by molar-refractivity contribution is 5.81. The molecule has 0 radical (unpaired) electrons. The largest absolute Gasteiger partial charge is 0.405 e. The highest BCUT2D eigenvalue weighted by atomic mass is 19.4. The molecule has 1 aliphatic carbocycles. The van der Waals surface area contributed by atoms with E-state index in [1.807, 2.05) is 5.32 Å². The predicted octanol–water partition coefficient (Wildman–Crippen LogP) is 3.25. The standard InChI is InChI=1S/C15H27F3N2O/c1-10(12(21)19-9-15(16,17)18)20-11-6-13(2,3)8-14(4,5)7-11/h10-11,20H,6-9H2,1-5H3,(H,19,21). The maximum Gasteiger partial charge on any atom is 0.405 e. The minimum atomic E-state index is -4.37. The van der Waals surface area contributed by atoms with Gasteiger partial charge in [0.25, 0.3) is 0 Å².